The maximum Gasteiger partial charge on any atom is 0.119 e. The van der Waals surface area contributed by atoms with Gasteiger partial charge in [-0.3, -0.25) is 4.98 Å². The Labute approximate surface area is 99.4 Å². The van der Waals surface area contributed by atoms with Crippen molar-refractivity contribution in [3.05, 3.63) is 65.0 Å². The van der Waals surface area contributed by atoms with Crippen molar-refractivity contribution in [3.63, 3.8) is 0 Å². The van der Waals surface area contributed by atoms with Crippen molar-refractivity contribution < 1.29 is 5.21 Å². The number of hydrogen-bond donors (Lipinski definition) is 1. The second-order valence-corrected chi connectivity index (χ2v) is 4.10. The maximum absolute atomic E-state index is 9.27. The third-order valence-electron chi connectivity index (χ3n) is 3.15. The largest absolute Gasteiger partial charge is 0.410 e. The predicted octanol–water partition coefficient (Wildman–Crippen LogP) is 2.41. The van der Waals surface area contributed by atoms with Gasteiger partial charge in [0.25, 0.3) is 0 Å². The van der Waals surface area contributed by atoms with Crippen molar-refractivity contribution >= 4 is 5.71 Å². The van der Waals surface area contributed by atoms with Crippen LogP contribution in [0.4, 0.5) is 0 Å². The van der Waals surface area contributed by atoms with Gasteiger partial charge in [0, 0.05) is 17.3 Å². The molecule has 0 saturated carbocycles. The smallest absolute Gasteiger partial charge is 0.119 e. The van der Waals surface area contributed by atoms with Gasteiger partial charge in [0.15, 0.2) is 0 Å². The summed E-state index contributed by atoms with van der Waals surface area (Å²) < 4.78 is 0. The van der Waals surface area contributed by atoms with E-state index < -0.39 is 0 Å². The predicted molar refractivity (Wildman–Crippen MR) is 65.5 cm³/mol. The number of fused-ring (bicyclic) bond motifs is 2. The zero-order chi connectivity index (χ0) is 11.7. The standard InChI is InChI=1S/C14H12N2O/c17-16-14-11-5-2-1-4-10(11)7-8-13-12(14)6-3-9-15-13/h1-6,9,17H,7-8H2/b16-14+. The number of pyridine rings is 1. The lowest BCUT2D eigenvalue weighted by molar-refractivity contribution is 0.319. The number of benzene rings is 1. The van der Waals surface area contributed by atoms with Gasteiger partial charge in [-0.2, -0.15) is 0 Å². The van der Waals surface area contributed by atoms with E-state index in [0.29, 0.717) is 5.71 Å². The molecule has 0 amide bonds. The molecule has 1 aliphatic carbocycles. The Balaban J connectivity index is 2.27. The zero-order valence-corrected chi connectivity index (χ0v) is 9.30. The van der Waals surface area contributed by atoms with Crippen LogP contribution in [-0.2, 0) is 12.8 Å². The van der Waals surface area contributed by atoms with E-state index in [1.807, 2.05) is 30.3 Å². The minimum absolute atomic E-state index is 0.626. The van der Waals surface area contributed by atoms with Gasteiger partial charge >= 0.3 is 0 Å². The molecule has 0 bridgehead atoms. The first-order valence-electron chi connectivity index (χ1n) is 5.65. The van der Waals surface area contributed by atoms with E-state index in [9.17, 15) is 5.21 Å². The Kier molecular flexibility index (Phi) is 2.37. The second kappa shape index (κ2) is 4.01. The zero-order valence-electron chi connectivity index (χ0n) is 9.30. The molecule has 0 atom stereocenters. The highest BCUT2D eigenvalue weighted by Gasteiger charge is 2.19. The second-order valence-electron chi connectivity index (χ2n) is 4.10. The number of hydrogen-bond acceptors (Lipinski definition) is 3. The molecule has 0 fully saturated rings. The first kappa shape index (κ1) is 10.0. The van der Waals surface area contributed by atoms with Crippen molar-refractivity contribution in [2.24, 2.45) is 5.16 Å². The lowest BCUT2D eigenvalue weighted by Crippen LogP contribution is -2.06. The number of rotatable bonds is 0. The van der Waals surface area contributed by atoms with E-state index in [1.54, 1.807) is 6.20 Å². The third-order valence-corrected chi connectivity index (χ3v) is 3.15. The first-order chi connectivity index (χ1) is 8.40. The van der Waals surface area contributed by atoms with E-state index >= 15 is 0 Å². The summed E-state index contributed by atoms with van der Waals surface area (Å²) in [5, 5.41) is 12.7. The van der Waals surface area contributed by atoms with E-state index in [0.717, 1.165) is 29.7 Å². The summed E-state index contributed by atoms with van der Waals surface area (Å²) in [7, 11) is 0. The van der Waals surface area contributed by atoms with Gasteiger partial charge in [0.2, 0.25) is 0 Å². The van der Waals surface area contributed by atoms with Crippen LogP contribution >= 0.6 is 0 Å². The van der Waals surface area contributed by atoms with Crippen LogP contribution < -0.4 is 0 Å². The average Bonchev–Trinajstić information content (AvgIpc) is 2.55. The average molecular weight is 224 g/mol. The first-order valence-corrected chi connectivity index (χ1v) is 5.65. The molecule has 0 radical (unpaired) electrons. The normalized spacial score (nSPS) is 16.1. The molecule has 0 aliphatic heterocycles. The number of aryl methyl sites for hydroxylation is 2. The van der Waals surface area contributed by atoms with Crippen LogP contribution in [0.25, 0.3) is 0 Å². The molecule has 1 N–H and O–H groups in total. The molecule has 1 aliphatic rings. The minimum atomic E-state index is 0.626. The lowest BCUT2D eigenvalue weighted by atomic mass is 10.00. The molecule has 84 valence electrons. The van der Waals surface area contributed by atoms with Gasteiger partial charge in [-0.1, -0.05) is 29.4 Å². The van der Waals surface area contributed by atoms with E-state index in [2.05, 4.69) is 16.2 Å². The Hall–Kier alpha value is -2.16. The minimum Gasteiger partial charge on any atom is -0.410 e. The molecule has 3 heteroatoms. The summed E-state index contributed by atoms with van der Waals surface area (Å²) in [4.78, 5) is 4.37. The fourth-order valence-corrected chi connectivity index (χ4v) is 2.33. The molecular weight excluding hydrogens is 212 g/mol. The van der Waals surface area contributed by atoms with Crippen LogP contribution in [0.15, 0.2) is 47.8 Å². The third kappa shape index (κ3) is 1.60. The number of nitrogens with zero attached hydrogens (tertiary/aromatic N) is 2. The van der Waals surface area contributed by atoms with E-state index in [1.165, 1.54) is 5.56 Å². The Morgan fingerprint density at radius 3 is 2.71 bits per heavy atom. The van der Waals surface area contributed by atoms with Crippen LogP contribution in [0.2, 0.25) is 0 Å². The molecular formula is C14H12N2O. The molecule has 3 nitrogen and oxygen atoms in total. The van der Waals surface area contributed by atoms with Crippen LogP contribution in [0.5, 0.6) is 0 Å². The number of oxime groups is 1. The highest BCUT2D eigenvalue weighted by Crippen LogP contribution is 2.23. The van der Waals surface area contributed by atoms with Crippen LogP contribution in [0.3, 0.4) is 0 Å². The van der Waals surface area contributed by atoms with Gasteiger partial charge in [0.05, 0.1) is 5.69 Å². The van der Waals surface area contributed by atoms with Gasteiger partial charge in [-0.25, -0.2) is 0 Å². The summed E-state index contributed by atoms with van der Waals surface area (Å²) >= 11 is 0. The molecule has 1 aromatic heterocycles. The fraction of sp³-hybridized carbons (Fsp3) is 0.143. The van der Waals surface area contributed by atoms with Crippen LogP contribution in [0.1, 0.15) is 22.4 Å². The summed E-state index contributed by atoms with van der Waals surface area (Å²) in [6.07, 6.45) is 3.59. The van der Waals surface area contributed by atoms with Crippen molar-refractivity contribution in [3.8, 4) is 0 Å². The highest BCUT2D eigenvalue weighted by atomic mass is 16.4. The summed E-state index contributed by atoms with van der Waals surface area (Å²) in [6.45, 7) is 0. The molecule has 1 aromatic carbocycles. The van der Waals surface area contributed by atoms with E-state index in [4.69, 9.17) is 0 Å². The van der Waals surface area contributed by atoms with Gasteiger partial charge < -0.3 is 5.21 Å². The summed E-state index contributed by atoms with van der Waals surface area (Å²) in [5.74, 6) is 0. The molecule has 17 heavy (non-hydrogen) atoms. The molecule has 0 spiro atoms. The Bertz CT molecular complexity index is 541. The van der Waals surface area contributed by atoms with E-state index in [-0.39, 0.29) is 0 Å². The molecule has 1 heterocycles. The monoisotopic (exact) mass is 224 g/mol. The van der Waals surface area contributed by atoms with Gasteiger partial charge in [-0.05, 0) is 30.5 Å². The molecule has 0 saturated heterocycles. The quantitative estimate of drug-likeness (QED) is 0.551. The summed E-state index contributed by atoms with van der Waals surface area (Å²) in [6, 6.07) is 11.9. The van der Waals surface area contributed by atoms with Crippen molar-refractivity contribution in [2.75, 3.05) is 0 Å². The fourth-order valence-electron chi connectivity index (χ4n) is 2.33. The van der Waals surface area contributed by atoms with Crippen LogP contribution in [-0.4, -0.2) is 15.9 Å². The Morgan fingerprint density at radius 2 is 1.82 bits per heavy atom. The number of aromatic nitrogens is 1. The van der Waals surface area contributed by atoms with Crippen LogP contribution in [0, 0.1) is 0 Å². The van der Waals surface area contributed by atoms with Gasteiger partial charge in [-0.15, -0.1) is 0 Å². The summed E-state index contributed by atoms with van der Waals surface area (Å²) in [5.41, 5.74) is 4.76. The Morgan fingerprint density at radius 1 is 1.00 bits per heavy atom. The van der Waals surface area contributed by atoms with Crippen molar-refractivity contribution in [1.82, 2.24) is 4.98 Å². The highest BCUT2D eigenvalue weighted by molar-refractivity contribution is 6.14. The van der Waals surface area contributed by atoms with Gasteiger partial charge in [0.1, 0.15) is 5.71 Å². The SMILES string of the molecule is O/N=C1\c2ccccc2CCc2ncccc21. The van der Waals surface area contributed by atoms with Crippen molar-refractivity contribution in [2.45, 2.75) is 12.8 Å². The molecule has 0 unspecified atom stereocenters. The lowest BCUT2D eigenvalue weighted by Gasteiger charge is -2.07. The molecule has 3 rings (SSSR count). The van der Waals surface area contributed by atoms with Crippen molar-refractivity contribution in [1.29, 1.82) is 0 Å². The molecule has 2 aromatic rings. The maximum atomic E-state index is 9.27. The topological polar surface area (TPSA) is 45.5 Å².